The zero-order valence-electron chi connectivity index (χ0n) is 13.1. The molecule has 1 saturated heterocycles. The van der Waals surface area contributed by atoms with E-state index in [2.05, 4.69) is 30.6 Å². The predicted octanol–water partition coefficient (Wildman–Crippen LogP) is 2.35. The average molecular weight is 286 g/mol. The van der Waals surface area contributed by atoms with Crippen molar-refractivity contribution in [2.45, 2.75) is 20.3 Å². The molecule has 0 bridgehead atoms. The minimum absolute atomic E-state index is 0.385. The summed E-state index contributed by atoms with van der Waals surface area (Å²) < 4.78 is 5.86. The van der Waals surface area contributed by atoms with Gasteiger partial charge in [-0.15, -0.1) is 0 Å². The molecule has 1 aliphatic rings. The topological polar surface area (TPSA) is 38.5 Å². The van der Waals surface area contributed by atoms with Gasteiger partial charge in [0.25, 0.3) is 0 Å². The van der Waals surface area contributed by atoms with Crippen LogP contribution < -0.4 is 10.5 Å². The first-order valence-electron chi connectivity index (χ1n) is 7.81. The van der Waals surface area contributed by atoms with Crippen LogP contribution in [0.25, 0.3) is 0 Å². The van der Waals surface area contributed by atoms with Crippen molar-refractivity contribution in [2.75, 3.05) is 32.8 Å². The first kappa shape index (κ1) is 15.9. The van der Waals surface area contributed by atoms with Crippen LogP contribution in [0.4, 0.5) is 0 Å². The van der Waals surface area contributed by atoms with Gasteiger partial charge in [-0.25, -0.2) is 0 Å². The van der Waals surface area contributed by atoms with Crippen LogP contribution >= 0.6 is 0 Å². The zero-order chi connectivity index (χ0) is 15.1. The molecule has 3 heteroatoms. The lowest BCUT2D eigenvalue weighted by Gasteiger charge is -2.34. The molecule has 0 saturated carbocycles. The van der Waals surface area contributed by atoms with Crippen LogP contribution in [-0.4, -0.2) is 37.7 Å². The van der Waals surface area contributed by atoms with Crippen LogP contribution in [0.5, 0.6) is 5.75 Å². The van der Waals surface area contributed by atoms with Gasteiger partial charge in [-0.2, -0.15) is 0 Å². The average Bonchev–Trinajstić information content (AvgIpc) is 2.44. The van der Waals surface area contributed by atoms with E-state index in [0.717, 1.165) is 36.3 Å². The second-order valence-corrected chi connectivity index (χ2v) is 6.09. The van der Waals surface area contributed by atoms with Crippen LogP contribution in [0.3, 0.4) is 0 Å². The van der Waals surface area contributed by atoms with Crippen molar-refractivity contribution in [1.29, 1.82) is 0 Å². The summed E-state index contributed by atoms with van der Waals surface area (Å²) in [6.07, 6.45) is 1.35. The number of rotatable bonds is 4. The number of likely N-dealkylation sites (tertiary alicyclic amines) is 1. The monoisotopic (exact) mass is 286 g/mol. The minimum atomic E-state index is 0.385. The summed E-state index contributed by atoms with van der Waals surface area (Å²) in [5.41, 5.74) is 6.35. The van der Waals surface area contributed by atoms with Gasteiger partial charge in [-0.05, 0) is 36.5 Å². The second kappa shape index (κ2) is 8.07. The number of nitrogens with two attached hydrogens (primary N) is 1. The molecule has 1 fully saturated rings. The number of ether oxygens (including phenoxy) is 1. The lowest BCUT2D eigenvalue weighted by molar-refractivity contribution is 0.120. The molecule has 0 amide bonds. The van der Waals surface area contributed by atoms with Gasteiger partial charge >= 0.3 is 0 Å². The molecule has 1 aliphatic heterocycles. The Labute approximate surface area is 128 Å². The third-order valence-corrected chi connectivity index (χ3v) is 3.79. The Kier molecular flexibility index (Phi) is 6.10. The smallest absolute Gasteiger partial charge is 0.120 e. The van der Waals surface area contributed by atoms with Crippen molar-refractivity contribution in [3.05, 3.63) is 29.8 Å². The van der Waals surface area contributed by atoms with E-state index in [1.54, 1.807) is 0 Å². The summed E-state index contributed by atoms with van der Waals surface area (Å²) in [7, 11) is 0. The predicted molar refractivity (Wildman–Crippen MR) is 87.3 cm³/mol. The summed E-state index contributed by atoms with van der Waals surface area (Å²) in [6.45, 7) is 9.16. The summed E-state index contributed by atoms with van der Waals surface area (Å²) in [4.78, 5) is 2.51. The van der Waals surface area contributed by atoms with Crippen LogP contribution in [0, 0.1) is 23.7 Å². The Hall–Kier alpha value is -1.50. The van der Waals surface area contributed by atoms with Crippen LogP contribution in [-0.2, 0) is 0 Å². The minimum Gasteiger partial charge on any atom is -0.492 e. The van der Waals surface area contributed by atoms with E-state index in [4.69, 9.17) is 10.5 Å². The molecule has 114 valence electrons. The molecule has 0 aromatic heterocycles. The first-order valence-corrected chi connectivity index (χ1v) is 7.81. The molecule has 3 nitrogen and oxygen atoms in total. The third kappa shape index (κ3) is 5.41. The van der Waals surface area contributed by atoms with Gasteiger partial charge in [0.1, 0.15) is 12.4 Å². The molecule has 1 aromatic rings. The fourth-order valence-corrected chi connectivity index (χ4v) is 3.08. The largest absolute Gasteiger partial charge is 0.492 e. The molecule has 1 aromatic carbocycles. The molecular formula is C18H26N2O. The van der Waals surface area contributed by atoms with Crippen molar-refractivity contribution in [3.63, 3.8) is 0 Å². The molecule has 0 spiro atoms. The van der Waals surface area contributed by atoms with E-state index in [1.807, 2.05) is 24.3 Å². The number of piperidine rings is 1. The molecule has 2 unspecified atom stereocenters. The fraction of sp³-hybridized carbons (Fsp3) is 0.556. The SMILES string of the molecule is CC1CC(C)CN(CCOc2cccc(C#CCN)c2)C1. The molecule has 2 N–H and O–H groups in total. The number of nitrogens with zero attached hydrogens (tertiary/aromatic N) is 1. The van der Waals surface area contributed by atoms with Crippen molar-refractivity contribution in [2.24, 2.45) is 17.6 Å². The van der Waals surface area contributed by atoms with Gasteiger partial charge < -0.3 is 10.5 Å². The number of hydrogen-bond donors (Lipinski definition) is 1. The van der Waals surface area contributed by atoms with Gasteiger partial charge in [0.05, 0.1) is 6.54 Å². The molecular weight excluding hydrogens is 260 g/mol. The highest BCUT2D eigenvalue weighted by atomic mass is 16.5. The maximum absolute atomic E-state index is 5.86. The quantitative estimate of drug-likeness (QED) is 0.864. The molecule has 2 atom stereocenters. The fourth-order valence-electron chi connectivity index (χ4n) is 3.08. The Morgan fingerprint density at radius 3 is 2.76 bits per heavy atom. The normalized spacial score (nSPS) is 22.4. The highest BCUT2D eigenvalue weighted by Gasteiger charge is 2.21. The molecule has 1 heterocycles. The number of benzene rings is 1. The van der Waals surface area contributed by atoms with Crippen LogP contribution in [0.1, 0.15) is 25.8 Å². The number of hydrogen-bond acceptors (Lipinski definition) is 3. The van der Waals surface area contributed by atoms with Gasteiger partial charge in [0.2, 0.25) is 0 Å². The van der Waals surface area contributed by atoms with Crippen LogP contribution in [0.15, 0.2) is 24.3 Å². The molecule has 0 aliphatic carbocycles. The highest BCUT2D eigenvalue weighted by Crippen LogP contribution is 2.20. The van der Waals surface area contributed by atoms with Gasteiger partial charge in [-0.3, -0.25) is 4.90 Å². The van der Waals surface area contributed by atoms with Gasteiger partial charge in [-0.1, -0.05) is 31.8 Å². The summed E-state index contributed by atoms with van der Waals surface area (Å²) in [5.74, 6) is 8.37. The second-order valence-electron chi connectivity index (χ2n) is 6.09. The Morgan fingerprint density at radius 1 is 1.29 bits per heavy atom. The van der Waals surface area contributed by atoms with E-state index >= 15 is 0 Å². The molecule has 2 rings (SSSR count). The zero-order valence-corrected chi connectivity index (χ0v) is 13.1. The van der Waals surface area contributed by atoms with Crippen molar-refractivity contribution in [3.8, 4) is 17.6 Å². The van der Waals surface area contributed by atoms with E-state index in [1.165, 1.54) is 19.5 Å². The van der Waals surface area contributed by atoms with E-state index in [9.17, 15) is 0 Å². The highest BCUT2D eigenvalue weighted by molar-refractivity contribution is 5.39. The van der Waals surface area contributed by atoms with Gasteiger partial charge in [0, 0.05) is 25.2 Å². The van der Waals surface area contributed by atoms with E-state index in [-0.39, 0.29) is 0 Å². The van der Waals surface area contributed by atoms with E-state index in [0.29, 0.717) is 6.54 Å². The van der Waals surface area contributed by atoms with E-state index < -0.39 is 0 Å². The Bertz CT molecular complexity index is 493. The Balaban J connectivity index is 1.80. The lowest BCUT2D eigenvalue weighted by Crippen LogP contribution is -2.40. The maximum Gasteiger partial charge on any atom is 0.120 e. The van der Waals surface area contributed by atoms with Crippen molar-refractivity contribution in [1.82, 2.24) is 4.90 Å². The molecule has 0 radical (unpaired) electrons. The van der Waals surface area contributed by atoms with Crippen molar-refractivity contribution >= 4 is 0 Å². The third-order valence-electron chi connectivity index (χ3n) is 3.79. The van der Waals surface area contributed by atoms with Crippen molar-refractivity contribution < 1.29 is 4.74 Å². The Morgan fingerprint density at radius 2 is 2.05 bits per heavy atom. The molecule has 21 heavy (non-hydrogen) atoms. The standard InChI is InChI=1S/C18H26N2O/c1-15-11-16(2)14-20(13-15)9-10-21-18-7-3-5-17(12-18)6-4-8-19/h3,5,7,12,15-16H,8-11,13-14,19H2,1-2H3. The summed E-state index contributed by atoms with van der Waals surface area (Å²) in [5, 5.41) is 0. The van der Waals surface area contributed by atoms with Crippen LogP contribution in [0.2, 0.25) is 0 Å². The van der Waals surface area contributed by atoms with Gasteiger partial charge in [0.15, 0.2) is 0 Å². The first-order chi connectivity index (χ1) is 10.2. The summed E-state index contributed by atoms with van der Waals surface area (Å²) in [6, 6.07) is 7.91. The maximum atomic E-state index is 5.86. The lowest BCUT2D eigenvalue weighted by atomic mass is 9.92. The summed E-state index contributed by atoms with van der Waals surface area (Å²) >= 11 is 0.